The molecule has 0 saturated carbocycles. The highest BCUT2D eigenvalue weighted by Crippen LogP contribution is 2.17. The van der Waals surface area contributed by atoms with Crippen molar-refractivity contribution in [1.29, 1.82) is 0 Å². The van der Waals surface area contributed by atoms with Crippen LogP contribution >= 0.6 is 0 Å². The molecule has 1 aromatic rings. The van der Waals surface area contributed by atoms with E-state index in [9.17, 15) is 9.18 Å². The molecule has 3 N–H and O–H groups in total. The lowest BCUT2D eigenvalue weighted by molar-refractivity contribution is -0.123. The van der Waals surface area contributed by atoms with Crippen molar-refractivity contribution in [2.75, 3.05) is 13.2 Å². The fraction of sp³-hybridized carbons (Fsp3) is 0.462. The Labute approximate surface area is 106 Å². The van der Waals surface area contributed by atoms with E-state index in [4.69, 9.17) is 10.5 Å². The van der Waals surface area contributed by atoms with Gasteiger partial charge in [0.1, 0.15) is 0 Å². The van der Waals surface area contributed by atoms with Crippen LogP contribution in [0.2, 0.25) is 0 Å². The van der Waals surface area contributed by atoms with Gasteiger partial charge in [-0.3, -0.25) is 4.79 Å². The maximum absolute atomic E-state index is 13.5. The van der Waals surface area contributed by atoms with Gasteiger partial charge in [-0.2, -0.15) is 0 Å². The fourth-order valence-corrected chi connectivity index (χ4v) is 1.30. The molecule has 0 saturated heterocycles. The lowest BCUT2D eigenvalue weighted by atomic mass is 10.2. The van der Waals surface area contributed by atoms with Crippen LogP contribution < -0.4 is 15.8 Å². The maximum Gasteiger partial charge on any atom is 0.257 e. The molecule has 0 aromatic heterocycles. The summed E-state index contributed by atoms with van der Waals surface area (Å²) < 4.78 is 18.6. The van der Waals surface area contributed by atoms with E-state index in [2.05, 4.69) is 5.32 Å². The molecule has 1 amide bonds. The summed E-state index contributed by atoms with van der Waals surface area (Å²) in [6, 6.07) is 4.46. The van der Waals surface area contributed by atoms with E-state index < -0.39 is 5.82 Å². The third kappa shape index (κ3) is 4.71. The molecule has 4 nitrogen and oxygen atoms in total. The first-order chi connectivity index (χ1) is 8.52. The van der Waals surface area contributed by atoms with Gasteiger partial charge in [-0.15, -0.1) is 0 Å². The first-order valence-corrected chi connectivity index (χ1v) is 5.91. The Hall–Kier alpha value is -1.62. The zero-order chi connectivity index (χ0) is 13.5. The van der Waals surface area contributed by atoms with E-state index in [1.807, 2.05) is 13.8 Å². The normalized spacial score (nSPS) is 10.5. The Balaban J connectivity index is 2.46. The van der Waals surface area contributed by atoms with Crippen LogP contribution in [0.15, 0.2) is 18.2 Å². The summed E-state index contributed by atoms with van der Waals surface area (Å²) in [5.74, 6) is -0.331. The molecule has 0 aliphatic carbocycles. The van der Waals surface area contributed by atoms with Crippen molar-refractivity contribution in [2.45, 2.75) is 20.4 Å². The minimum Gasteiger partial charge on any atom is -0.481 e. The highest BCUT2D eigenvalue weighted by atomic mass is 19.1. The van der Waals surface area contributed by atoms with Crippen molar-refractivity contribution in [3.63, 3.8) is 0 Å². The van der Waals surface area contributed by atoms with Gasteiger partial charge in [-0.1, -0.05) is 19.9 Å². The molecule has 18 heavy (non-hydrogen) atoms. The van der Waals surface area contributed by atoms with Crippen LogP contribution in [0, 0.1) is 11.7 Å². The van der Waals surface area contributed by atoms with E-state index >= 15 is 0 Å². The van der Waals surface area contributed by atoms with Crippen LogP contribution in [-0.4, -0.2) is 19.1 Å². The minimum absolute atomic E-state index is 0.0619. The number of rotatable bonds is 6. The SMILES string of the molecule is CC(C)CNC(=O)COc1ccc(CN)cc1F. The number of amides is 1. The summed E-state index contributed by atoms with van der Waals surface area (Å²) in [6.07, 6.45) is 0. The number of carbonyl (C=O) groups excluding carboxylic acids is 1. The van der Waals surface area contributed by atoms with Crippen LogP contribution in [0.1, 0.15) is 19.4 Å². The fourth-order valence-electron chi connectivity index (χ4n) is 1.30. The summed E-state index contributed by atoms with van der Waals surface area (Å²) in [7, 11) is 0. The minimum atomic E-state index is -0.505. The second-order valence-corrected chi connectivity index (χ2v) is 4.46. The van der Waals surface area contributed by atoms with E-state index in [-0.39, 0.29) is 24.8 Å². The first-order valence-electron chi connectivity index (χ1n) is 5.91. The molecular formula is C13H19FN2O2. The van der Waals surface area contributed by atoms with Crippen LogP contribution in [0.25, 0.3) is 0 Å². The average Bonchev–Trinajstić information content (AvgIpc) is 2.34. The van der Waals surface area contributed by atoms with Crippen molar-refractivity contribution >= 4 is 5.91 Å². The first kappa shape index (κ1) is 14.4. The van der Waals surface area contributed by atoms with Crippen molar-refractivity contribution in [3.8, 4) is 5.75 Å². The van der Waals surface area contributed by atoms with Gasteiger partial charge in [0.2, 0.25) is 0 Å². The molecule has 0 heterocycles. The lowest BCUT2D eigenvalue weighted by Crippen LogP contribution is -2.31. The number of benzene rings is 1. The molecule has 1 rings (SSSR count). The Morgan fingerprint density at radius 2 is 2.22 bits per heavy atom. The van der Waals surface area contributed by atoms with Crippen LogP contribution in [0.4, 0.5) is 4.39 Å². The zero-order valence-corrected chi connectivity index (χ0v) is 10.7. The molecule has 0 aliphatic rings. The van der Waals surface area contributed by atoms with Gasteiger partial charge in [0.15, 0.2) is 18.2 Å². The van der Waals surface area contributed by atoms with E-state index in [0.29, 0.717) is 18.0 Å². The van der Waals surface area contributed by atoms with Gasteiger partial charge in [-0.25, -0.2) is 4.39 Å². The van der Waals surface area contributed by atoms with Crippen molar-refractivity contribution in [3.05, 3.63) is 29.6 Å². The summed E-state index contributed by atoms with van der Waals surface area (Å²) in [5.41, 5.74) is 6.07. The van der Waals surface area contributed by atoms with Gasteiger partial charge in [0.25, 0.3) is 5.91 Å². The molecular weight excluding hydrogens is 235 g/mol. The molecule has 0 aliphatic heterocycles. The Morgan fingerprint density at radius 1 is 1.50 bits per heavy atom. The van der Waals surface area contributed by atoms with Crippen LogP contribution in [-0.2, 0) is 11.3 Å². The smallest absolute Gasteiger partial charge is 0.257 e. The molecule has 0 unspecified atom stereocenters. The highest BCUT2D eigenvalue weighted by molar-refractivity contribution is 5.77. The van der Waals surface area contributed by atoms with E-state index in [0.717, 1.165) is 0 Å². The van der Waals surface area contributed by atoms with E-state index in [1.165, 1.54) is 12.1 Å². The van der Waals surface area contributed by atoms with Gasteiger partial charge in [0.05, 0.1) is 0 Å². The van der Waals surface area contributed by atoms with Crippen LogP contribution in [0.5, 0.6) is 5.75 Å². The molecule has 0 radical (unpaired) electrons. The number of nitrogens with one attached hydrogen (secondary N) is 1. The largest absolute Gasteiger partial charge is 0.481 e. The number of halogens is 1. The number of hydrogen-bond donors (Lipinski definition) is 2. The molecule has 0 spiro atoms. The predicted octanol–water partition coefficient (Wildman–Crippen LogP) is 1.44. The van der Waals surface area contributed by atoms with Crippen molar-refractivity contribution < 1.29 is 13.9 Å². The Bertz CT molecular complexity index is 408. The van der Waals surface area contributed by atoms with E-state index in [1.54, 1.807) is 6.07 Å². The lowest BCUT2D eigenvalue weighted by Gasteiger charge is -2.10. The summed E-state index contributed by atoms with van der Waals surface area (Å²) >= 11 is 0. The molecule has 1 aromatic carbocycles. The van der Waals surface area contributed by atoms with Gasteiger partial charge in [-0.05, 0) is 23.6 Å². The molecule has 0 bridgehead atoms. The zero-order valence-electron chi connectivity index (χ0n) is 10.7. The molecule has 100 valence electrons. The quantitative estimate of drug-likeness (QED) is 0.807. The number of ether oxygens (including phenoxy) is 1. The highest BCUT2D eigenvalue weighted by Gasteiger charge is 2.07. The number of carbonyl (C=O) groups is 1. The average molecular weight is 254 g/mol. The summed E-state index contributed by atoms with van der Waals surface area (Å²) in [4.78, 5) is 11.4. The predicted molar refractivity (Wildman–Crippen MR) is 67.6 cm³/mol. The number of hydrogen-bond acceptors (Lipinski definition) is 3. The molecule has 0 atom stereocenters. The van der Waals surface area contributed by atoms with Crippen LogP contribution in [0.3, 0.4) is 0 Å². The maximum atomic E-state index is 13.5. The standard InChI is InChI=1S/C13H19FN2O2/c1-9(2)7-16-13(17)8-18-12-4-3-10(6-15)5-11(12)14/h3-5,9H,6-8,15H2,1-2H3,(H,16,17). The van der Waals surface area contributed by atoms with Gasteiger partial charge < -0.3 is 15.8 Å². The van der Waals surface area contributed by atoms with Gasteiger partial charge in [0, 0.05) is 13.1 Å². The summed E-state index contributed by atoms with van der Waals surface area (Å²) in [5, 5.41) is 2.69. The molecule has 0 fully saturated rings. The second kappa shape index (κ2) is 6.96. The monoisotopic (exact) mass is 254 g/mol. The Morgan fingerprint density at radius 3 is 2.78 bits per heavy atom. The third-order valence-corrected chi connectivity index (χ3v) is 2.30. The van der Waals surface area contributed by atoms with Crippen molar-refractivity contribution in [1.82, 2.24) is 5.32 Å². The van der Waals surface area contributed by atoms with Crippen molar-refractivity contribution in [2.24, 2.45) is 11.7 Å². The number of nitrogens with two attached hydrogens (primary N) is 1. The Kier molecular flexibility index (Phi) is 5.58. The third-order valence-electron chi connectivity index (χ3n) is 2.30. The molecule has 5 heteroatoms. The topological polar surface area (TPSA) is 64.3 Å². The summed E-state index contributed by atoms with van der Waals surface area (Å²) in [6.45, 7) is 4.65. The second-order valence-electron chi connectivity index (χ2n) is 4.46. The van der Waals surface area contributed by atoms with Gasteiger partial charge >= 0.3 is 0 Å².